The van der Waals surface area contributed by atoms with Gasteiger partial charge in [-0.1, -0.05) is 144 Å². The SMILES string of the molecule is CCc1ccccc1OP1(Oc2ccccc2)=NP(Oc2ccccc2)(Oc2ccccc2CC)=NP(Oc2ccccc2)(Oc2ccccc2CC)=N1. The van der Waals surface area contributed by atoms with Crippen molar-refractivity contribution in [3.63, 3.8) is 0 Å². The minimum absolute atomic E-state index is 0.479. The molecule has 1 heterocycles. The van der Waals surface area contributed by atoms with Gasteiger partial charge >= 0.3 is 23.0 Å². The van der Waals surface area contributed by atoms with Gasteiger partial charge in [0, 0.05) is 0 Å². The third-order valence-corrected chi connectivity index (χ3v) is 16.4. The number of para-hydroxylation sites is 6. The Balaban J connectivity index is 1.60. The summed E-state index contributed by atoms with van der Waals surface area (Å²) in [5, 5.41) is 0. The van der Waals surface area contributed by atoms with E-state index in [1.165, 1.54) is 0 Å². The highest BCUT2D eigenvalue weighted by atomic mass is 31.3. The van der Waals surface area contributed by atoms with Crippen LogP contribution in [0.4, 0.5) is 0 Å². The summed E-state index contributed by atoms with van der Waals surface area (Å²) in [4.78, 5) is 0. The molecule has 9 nitrogen and oxygen atoms in total. The van der Waals surface area contributed by atoms with Gasteiger partial charge in [0.25, 0.3) is 0 Å². The summed E-state index contributed by atoms with van der Waals surface area (Å²) >= 11 is 0. The minimum Gasteiger partial charge on any atom is -0.413 e. The van der Waals surface area contributed by atoms with Crippen molar-refractivity contribution in [2.75, 3.05) is 0 Å². The summed E-state index contributed by atoms with van der Waals surface area (Å²) in [7, 11) is -11.9. The molecule has 7 rings (SSSR count). The first-order valence-corrected chi connectivity index (χ1v) is 22.5. The van der Waals surface area contributed by atoms with Crippen molar-refractivity contribution in [1.29, 1.82) is 0 Å². The molecule has 0 aliphatic carbocycles. The Morgan fingerprint density at radius 2 is 0.556 bits per heavy atom. The van der Waals surface area contributed by atoms with Gasteiger partial charge in [0.2, 0.25) is 0 Å². The summed E-state index contributed by atoms with van der Waals surface area (Å²) < 4.78 is 58.2. The first kappa shape index (κ1) is 37.1. The van der Waals surface area contributed by atoms with Gasteiger partial charge < -0.3 is 27.1 Å². The number of hydrogen-bond donors (Lipinski definition) is 0. The number of aryl methyl sites for hydroxylation is 3. The van der Waals surface area contributed by atoms with Crippen LogP contribution >= 0.6 is 23.0 Å². The van der Waals surface area contributed by atoms with E-state index < -0.39 is 23.0 Å². The topological polar surface area (TPSA) is 92.5 Å². The van der Waals surface area contributed by atoms with E-state index in [9.17, 15) is 0 Å². The standard InChI is InChI=1S/C42H42N3O6P3/c1-4-34-22-16-19-31-40(34)49-52(46-37-25-10-7-11-26-37)43-53(47-38-27-12-8-13-28-38,50-41-32-20-17-23-35(41)5-2)45-54(44-52,48-39-29-14-9-15-30-39)51-42-33-21-18-24-36(42)6-3/h7-33H,4-6H2,1-3H3. The fourth-order valence-electron chi connectivity index (χ4n) is 5.65. The highest BCUT2D eigenvalue weighted by Gasteiger charge is 2.49. The average molecular weight is 778 g/mol. The summed E-state index contributed by atoms with van der Waals surface area (Å²) in [6.07, 6.45) is 2.07. The van der Waals surface area contributed by atoms with Gasteiger partial charge in [0.1, 0.15) is 34.5 Å². The molecule has 1 aliphatic rings. The van der Waals surface area contributed by atoms with E-state index in [1.54, 1.807) is 0 Å². The molecule has 0 saturated heterocycles. The lowest BCUT2D eigenvalue weighted by Gasteiger charge is -2.33. The van der Waals surface area contributed by atoms with Crippen LogP contribution in [0.2, 0.25) is 0 Å². The summed E-state index contributed by atoms with van der Waals surface area (Å²) in [5.41, 5.74) is 2.82. The van der Waals surface area contributed by atoms with Gasteiger partial charge in [-0.05, 0) is 90.6 Å². The first-order valence-electron chi connectivity index (χ1n) is 17.9. The molecule has 0 fully saturated rings. The lowest BCUT2D eigenvalue weighted by molar-refractivity contribution is 0.440. The van der Waals surface area contributed by atoms with Crippen LogP contribution in [0.3, 0.4) is 0 Å². The van der Waals surface area contributed by atoms with Crippen LogP contribution < -0.4 is 27.1 Å². The third kappa shape index (κ3) is 8.77. The van der Waals surface area contributed by atoms with Crippen molar-refractivity contribution in [1.82, 2.24) is 0 Å². The molecule has 1 aliphatic heterocycles. The summed E-state index contributed by atoms with van der Waals surface area (Å²) in [6.45, 7) is 6.20. The number of rotatable bonds is 15. The Morgan fingerprint density at radius 1 is 0.315 bits per heavy atom. The fourth-order valence-corrected chi connectivity index (χ4v) is 14.8. The van der Waals surface area contributed by atoms with Crippen molar-refractivity contribution in [2.45, 2.75) is 40.0 Å². The Hall–Kier alpha value is -5.19. The summed E-state index contributed by atoms with van der Waals surface area (Å²) in [6, 6.07) is 51.4. The van der Waals surface area contributed by atoms with Crippen LogP contribution in [-0.4, -0.2) is 0 Å². The van der Waals surface area contributed by atoms with E-state index in [2.05, 4.69) is 20.8 Å². The van der Waals surface area contributed by atoms with Gasteiger partial charge in [-0.25, -0.2) is 0 Å². The van der Waals surface area contributed by atoms with E-state index in [1.807, 2.05) is 164 Å². The van der Waals surface area contributed by atoms with Crippen molar-refractivity contribution >= 4 is 23.0 Å². The van der Waals surface area contributed by atoms with Gasteiger partial charge in [0.05, 0.1) is 0 Å². The second-order valence-corrected chi connectivity index (χ2v) is 18.3. The van der Waals surface area contributed by atoms with E-state index in [0.717, 1.165) is 16.7 Å². The van der Waals surface area contributed by atoms with E-state index in [-0.39, 0.29) is 0 Å². The molecular formula is C42H42N3O6P3. The largest absolute Gasteiger partial charge is 0.460 e. The molecule has 0 N–H and O–H groups in total. The van der Waals surface area contributed by atoms with Crippen molar-refractivity contribution in [3.8, 4) is 34.5 Å². The Morgan fingerprint density at radius 3 is 0.815 bits per heavy atom. The maximum atomic E-state index is 7.07. The predicted molar refractivity (Wildman–Crippen MR) is 219 cm³/mol. The maximum Gasteiger partial charge on any atom is 0.460 e. The molecule has 12 heteroatoms. The minimum atomic E-state index is -3.96. The van der Waals surface area contributed by atoms with Gasteiger partial charge in [0.15, 0.2) is 0 Å². The van der Waals surface area contributed by atoms with E-state index >= 15 is 0 Å². The van der Waals surface area contributed by atoms with Crippen LogP contribution in [-0.2, 0) is 19.3 Å². The Labute approximate surface area is 317 Å². The zero-order valence-corrected chi connectivity index (χ0v) is 33.0. The summed E-state index contributed by atoms with van der Waals surface area (Å²) in [5.74, 6) is 3.10. The fraction of sp³-hybridized carbons (Fsp3) is 0.143. The average Bonchev–Trinajstić information content (AvgIpc) is 3.19. The van der Waals surface area contributed by atoms with Crippen molar-refractivity contribution in [2.24, 2.45) is 13.5 Å². The number of hydrogen-bond acceptors (Lipinski definition) is 9. The van der Waals surface area contributed by atoms with Gasteiger partial charge in [-0.2, -0.15) is 0 Å². The normalized spacial score (nSPS) is 20.3. The third-order valence-electron chi connectivity index (χ3n) is 8.29. The molecule has 0 saturated carbocycles. The second kappa shape index (κ2) is 16.9. The molecule has 6 aromatic rings. The van der Waals surface area contributed by atoms with Crippen LogP contribution in [0.5, 0.6) is 34.5 Å². The van der Waals surface area contributed by atoms with Crippen LogP contribution in [0.1, 0.15) is 37.5 Å². The Kier molecular flexibility index (Phi) is 11.6. The molecule has 54 heavy (non-hydrogen) atoms. The maximum absolute atomic E-state index is 7.07. The van der Waals surface area contributed by atoms with Crippen molar-refractivity contribution in [3.05, 3.63) is 180 Å². The monoisotopic (exact) mass is 777 g/mol. The number of benzene rings is 6. The zero-order valence-electron chi connectivity index (χ0n) is 30.3. The predicted octanol–water partition coefficient (Wildman–Crippen LogP) is 14.0. The highest BCUT2D eigenvalue weighted by Crippen LogP contribution is 2.78. The van der Waals surface area contributed by atoms with Gasteiger partial charge in [-0.3, -0.25) is 0 Å². The molecule has 0 spiro atoms. The van der Waals surface area contributed by atoms with E-state index in [0.29, 0.717) is 53.8 Å². The quantitative estimate of drug-likeness (QED) is 0.0964. The molecule has 0 amide bonds. The lowest BCUT2D eigenvalue weighted by atomic mass is 10.1. The lowest BCUT2D eigenvalue weighted by Crippen LogP contribution is -2.12. The molecule has 0 unspecified atom stereocenters. The van der Waals surface area contributed by atoms with Gasteiger partial charge in [-0.15, -0.1) is 0 Å². The van der Waals surface area contributed by atoms with Crippen LogP contribution in [0.25, 0.3) is 0 Å². The molecule has 0 aromatic heterocycles. The highest BCUT2D eigenvalue weighted by molar-refractivity contribution is 7.79. The molecule has 0 atom stereocenters. The van der Waals surface area contributed by atoms with Crippen LogP contribution in [0, 0.1) is 0 Å². The van der Waals surface area contributed by atoms with Crippen LogP contribution in [0.15, 0.2) is 177 Å². The molecule has 6 aromatic carbocycles. The Bertz CT molecular complexity index is 2080. The molecule has 0 radical (unpaired) electrons. The second-order valence-electron chi connectivity index (χ2n) is 12.1. The molecular weight excluding hydrogens is 735 g/mol. The smallest absolute Gasteiger partial charge is 0.413 e. The van der Waals surface area contributed by atoms with Crippen molar-refractivity contribution < 1.29 is 27.1 Å². The molecule has 0 bridgehead atoms. The first-order chi connectivity index (χ1) is 26.4. The number of nitrogens with zero attached hydrogens (tertiary/aromatic N) is 3. The van der Waals surface area contributed by atoms with E-state index in [4.69, 9.17) is 40.7 Å². The zero-order chi connectivity index (χ0) is 37.3. The molecule has 276 valence electrons.